The summed E-state index contributed by atoms with van der Waals surface area (Å²) in [6.07, 6.45) is -0.170. The van der Waals surface area contributed by atoms with Crippen LogP contribution >= 0.6 is 0 Å². The summed E-state index contributed by atoms with van der Waals surface area (Å²) in [5.41, 5.74) is 3.64. The number of benzene rings is 4. The first kappa shape index (κ1) is 21.4. The molecule has 0 aliphatic carbocycles. The summed E-state index contributed by atoms with van der Waals surface area (Å²) in [5.74, 6) is 1.47. The quantitative estimate of drug-likeness (QED) is 0.397. The first-order chi connectivity index (χ1) is 15.6. The monoisotopic (exact) mass is 423 g/mol. The molecule has 0 fully saturated rings. The van der Waals surface area contributed by atoms with Crippen LogP contribution in [0.2, 0.25) is 0 Å². The molecule has 1 N–H and O–H groups in total. The molecule has 2 unspecified atom stereocenters. The molecule has 4 heteroatoms. The van der Waals surface area contributed by atoms with Gasteiger partial charge in [0.25, 0.3) is 0 Å². The van der Waals surface area contributed by atoms with Crippen molar-refractivity contribution in [3.63, 3.8) is 0 Å². The van der Waals surface area contributed by atoms with Gasteiger partial charge in [-0.3, -0.25) is 0 Å². The van der Waals surface area contributed by atoms with Crippen LogP contribution in [-0.4, -0.2) is 19.3 Å². The van der Waals surface area contributed by atoms with E-state index in [1.54, 1.807) is 14.2 Å². The third-order valence-corrected chi connectivity index (χ3v) is 5.93. The van der Waals surface area contributed by atoms with Crippen LogP contribution in [0.25, 0.3) is 10.8 Å². The van der Waals surface area contributed by atoms with Gasteiger partial charge in [-0.05, 0) is 64.2 Å². The zero-order chi connectivity index (χ0) is 22.5. The van der Waals surface area contributed by atoms with Gasteiger partial charge in [0, 0.05) is 5.92 Å². The lowest BCUT2D eigenvalue weighted by molar-refractivity contribution is 0.162. The number of nitriles is 1. The maximum Gasteiger partial charge on any atom is 0.118 e. The fourth-order valence-corrected chi connectivity index (χ4v) is 4.19. The summed E-state index contributed by atoms with van der Waals surface area (Å²) in [6, 6.07) is 29.6. The predicted molar refractivity (Wildman–Crippen MR) is 126 cm³/mol. The fraction of sp³-hybridized carbons (Fsp3) is 0.179. The molecule has 4 nitrogen and oxygen atoms in total. The highest BCUT2D eigenvalue weighted by Crippen LogP contribution is 2.39. The molecule has 4 aromatic carbocycles. The van der Waals surface area contributed by atoms with E-state index in [0.717, 1.165) is 39.0 Å². The Kier molecular flexibility index (Phi) is 6.39. The van der Waals surface area contributed by atoms with E-state index >= 15 is 0 Å². The minimum atomic E-state index is -0.664. The van der Waals surface area contributed by atoms with Gasteiger partial charge in [0.15, 0.2) is 0 Å². The number of hydrogen-bond acceptors (Lipinski definition) is 4. The normalized spacial score (nSPS) is 12.7. The Bertz CT molecular complexity index is 1240. The Morgan fingerprint density at radius 2 is 1.31 bits per heavy atom. The molecular weight excluding hydrogens is 398 g/mol. The number of hydrogen-bond donors (Lipinski definition) is 1. The van der Waals surface area contributed by atoms with E-state index in [9.17, 15) is 10.4 Å². The highest BCUT2D eigenvalue weighted by Gasteiger charge is 2.22. The molecule has 0 saturated heterocycles. The number of rotatable bonds is 7. The van der Waals surface area contributed by atoms with E-state index in [1.165, 1.54) is 0 Å². The van der Waals surface area contributed by atoms with Crippen LogP contribution < -0.4 is 9.47 Å². The van der Waals surface area contributed by atoms with Crippen LogP contribution in [0.15, 0.2) is 84.9 Å². The molecule has 0 heterocycles. The molecule has 0 aromatic heterocycles. The third kappa shape index (κ3) is 4.30. The zero-order valence-corrected chi connectivity index (χ0v) is 18.2. The third-order valence-electron chi connectivity index (χ3n) is 5.93. The van der Waals surface area contributed by atoms with Crippen molar-refractivity contribution in [2.45, 2.75) is 18.4 Å². The van der Waals surface area contributed by atoms with Crippen molar-refractivity contribution in [2.24, 2.45) is 0 Å². The molecule has 0 amide bonds. The van der Waals surface area contributed by atoms with Gasteiger partial charge < -0.3 is 14.6 Å². The van der Waals surface area contributed by atoms with Crippen molar-refractivity contribution in [3.05, 3.63) is 107 Å². The average molecular weight is 424 g/mol. The van der Waals surface area contributed by atoms with E-state index in [1.807, 2.05) is 84.9 Å². The van der Waals surface area contributed by atoms with E-state index < -0.39 is 6.10 Å². The minimum Gasteiger partial charge on any atom is -0.497 e. The van der Waals surface area contributed by atoms with E-state index in [-0.39, 0.29) is 5.92 Å². The van der Waals surface area contributed by atoms with E-state index in [2.05, 4.69) is 6.07 Å². The standard InChI is InChI=1S/C28H25NO3/c1-31-22-12-7-19(8-13-22)27(17-28(30)20-9-14-23(32-2)15-10-20)26-16-11-21(18-29)24-5-3-4-6-25(24)26/h3-16,27-28,30H,17H2,1-2H3. The molecule has 0 aliphatic heterocycles. The van der Waals surface area contributed by atoms with E-state index in [0.29, 0.717) is 12.0 Å². The summed E-state index contributed by atoms with van der Waals surface area (Å²) in [4.78, 5) is 0. The van der Waals surface area contributed by atoms with Gasteiger partial charge in [-0.25, -0.2) is 0 Å². The molecule has 2 atom stereocenters. The average Bonchev–Trinajstić information content (AvgIpc) is 2.86. The van der Waals surface area contributed by atoms with Gasteiger partial charge in [0.1, 0.15) is 11.5 Å². The molecule has 0 saturated carbocycles. The molecule has 0 bridgehead atoms. The Labute approximate surface area is 188 Å². The second kappa shape index (κ2) is 9.55. The summed E-state index contributed by atoms with van der Waals surface area (Å²) >= 11 is 0. The molecule has 4 aromatic rings. The van der Waals surface area contributed by atoms with Gasteiger partial charge in [-0.1, -0.05) is 54.6 Å². The number of aliphatic hydroxyl groups is 1. The summed E-state index contributed by atoms with van der Waals surface area (Å²) in [5, 5.41) is 22.6. The van der Waals surface area contributed by atoms with Crippen molar-refractivity contribution in [1.82, 2.24) is 0 Å². The van der Waals surface area contributed by atoms with Gasteiger partial charge in [-0.2, -0.15) is 5.26 Å². The Morgan fingerprint density at radius 1 is 0.750 bits per heavy atom. The lowest BCUT2D eigenvalue weighted by atomic mass is 9.82. The van der Waals surface area contributed by atoms with Crippen molar-refractivity contribution < 1.29 is 14.6 Å². The molecular formula is C28H25NO3. The largest absolute Gasteiger partial charge is 0.497 e. The molecule has 0 spiro atoms. The smallest absolute Gasteiger partial charge is 0.118 e. The zero-order valence-electron chi connectivity index (χ0n) is 18.2. The molecule has 160 valence electrons. The fourth-order valence-electron chi connectivity index (χ4n) is 4.19. The first-order valence-electron chi connectivity index (χ1n) is 10.5. The highest BCUT2D eigenvalue weighted by molar-refractivity contribution is 5.91. The van der Waals surface area contributed by atoms with Crippen molar-refractivity contribution in [1.29, 1.82) is 5.26 Å². The van der Waals surface area contributed by atoms with Gasteiger partial charge in [0.2, 0.25) is 0 Å². The Balaban J connectivity index is 1.79. The molecule has 0 aliphatic rings. The second-order valence-corrected chi connectivity index (χ2v) is 7.71. The lowest BCUT2D eigenvalue weighted by Gasteiger charge is -2.24. The van der Waals surface area contributed by atoms with Gasteiger partial charge in [-0.15, -0.1) is 0 Å². The summed E-state index contributed by atoms with van der Waals surface area (Å²) < 4.78 is 10.6. The van der Waals surface area contributed by atoms with Crippen molar-refractivity contribution >= 4 is 10.8 Å². The number of fused-ring (bicyclic) bond motifs is 1. The highest BCUT2D eigenvalue weighted by atomic mass is 16.5. The van der Waals surface area contributed by atoms with Gasteiger partial charge >= 0.3 is 0 Å². The molecule has 32 heavy (non-hydrogen) atoms. The van der Waals surface area contributed by atoms with Crippen LogP contribution in [-0.2, 0) is 0 Å². The second-order valence-electron chi connectivity index (χ2n) is 7.71. The predicted octanol–water partition coefficient (Wildman–Crippen LogP) is 5.98. The topological polar surface area (TPSA) is 62.5 Å². The molecule has 0 radical (unpaired) electrons. The summed E-state index contributed by atoms with van der Waals surface area (Å²) in [6.45, 7) is 0. The minimum absolute atomic E-state index is 0.0735. The maximum atomic E-state index is 11.1. The van der Waals surface area contributed by atoms with Crippen molar-refractivity contribution in [3.8, 4) is 17.6 Å². The van der Waals surface area contributed by atoms with Gasteiger partial charge in [0.05, 0.1) is 32.0 Å². The number of aliphatic hydroxyl groups excluding tert-OH is 1. The van der Waals surface area contributed by atoms with Crippen LogP contribution in [0.1, 0.15) is 40.7 Å². The van der Waals surface area contributed by atoms with Crippen LogP contribution in [0, 0.1) is 11.3 Å². The van der Waals surface area contributed by atoms with Crippen LogP contribution in [0.4, 0.5) is 0 Å². The number of methoxy groups -OCH3 is 2. The summed E-state index contributed by atoms with van der Waals surface area (Å²) in [7, 11) is 3.27. The van der Waals surface area contributed by atoms with Crippen LogP contribution in [0.5, 0.6) is 11.5 Å². The lowest BCUT2D eigenvalue weighted by Crippen LogP contribution is -2.09. The van der Waals surface area contributed by atoms with Crippen LogP contribution in [0.3, 0.4) is 0 Å². The van der Waals surface area contributed by atoms with E-state index in [4.69, 9.17) is 9.47 Å². The maximum absolute atomic E-state index is 11.1. The number of nitrogens with zero attached hydrogens (tertiary/aromatic N) is 1. The number of ether oxygens (including phenoxy) is 2. The SMILES string of the molecule is COc1ccc(C(O)CC(c2ccc(OC)cc2)c2ccc(C#N)c3ccccc23)cc1. The first-order valence-corrected chi connectivity index (χ1v) is 10.5. The Morgan fingerprint density at radius 3 is 1.88 bits per heavy atom. The van der Waals surface area contributed by atoms with Crippen molar-refractivity contribution in [2.75, 3.05) is 14.2 Å². The molecule has 4 rings (SSSR count). The Hall–Kier alpha value is -3.81.